The van der Waals surface area contributed by atoms with Crippen LogP contribution >= 0.6 is 0 Å². The fourth-order valence-corrected chi connectivity index (χ4v) is 2.54. The first-order valence-electron chi connectivity index (χ1n) is 5.45. The van der Waals surface area contributed by atoms with E-state index in [0.717, 1.165) is 6.42 Å². The predicted octanol–water partition coefficient (Wildman–Crippen LogP) is 4.35. The fraction of sp³-hybridized carbons (Fsp3) is 1.00. The Bertz CT molecular complexity index is 219. The maximum atomic E-state index is 13.4. The van der Waals surface area contributed by atoms with Crippen molar-refractivity contribution in [3.63, 3.8) is 0 Å². The molecule has 4 heteroatoms. The maximum Gasteiger partial charge on any atom is 0.312 e. The van der Waals surface area contributed by atoms with Crippen molar-refractivity contribution in [2.24, 2.45) is 17.8 Å². The molecule has 3 unspecified atom stereocenters. The van der Waals surface area contributed by atoms with Gasteiger partial charge >= 0.3 is 11.8 Å². The van der Waals surface area contributed by atoms with Gasteiger partial charge in [-0.2, -0.15) is 8.78 Å². The van der Waals surface area contributed by atoms with Gasteiger partial charge in [0.1, 0.15) is 0 Å². The summed E-state index contributed by atoms with van der Waals surface area (Å²) in [4.78, 5) is 0. The lowest BCUT2D eigenvalue weighted by molar-refractivity contribution is -0.231. The minimum atomic E-state index is -3.91. The molecule has 1 aliphatic rings. The minimum Gasteiger partial charge on any atom is -0.200 e. The fourth-order valence-electron chi connectivity index (χ4n) is 2.54. The number of hydrogen-bond acceptors (Lipinski definition) is 0. The van der Waals surface area contributed by atoms with Crippen LogP contribution in [-0.2, 0) is 0 Å². The Morgan fingerprint density at radius 3 is 2.00 bits per heavy atom. The Morgan fingerprint density at radius 2 is 1.67 bits per heavy atom. The van der Waals surface area contributed by atoms with Gasteiger partial charge in [-0.05, 0) is 24.7 Å². The van der Waals surface area contributed by atoms with E-state index < -0.39 is 17.8 Å². The van der Waals surface area contributed by atoms with Crippen molar-refractivity contribution in [3.8, 4) is 0 Å². The molecule has 3 atom stereocenters. The highest BCUT2D eigenvalue weighted by Crippen LogP contribution is 2.51. The van der Waals surface area contributed by atoms with Crippen LogP contribution in [0.4, 0.5) is 17.6 Å². The molecule has 0 aromatic rings. The predicted molar refractivity (Wildman–Crippen MR) is 51.2 cm³/mol. The van der Waals surface area contributed by atoms with Gasteiger partial charge in [0, 0.05) is 12.8 Å². The van der Waals surface area contributed by atoms with Crippen LogP contribution in [0.1, 0.15) is 40.0 Å². The van der Waals surface area contributed by atoms with Crippen molar-refractivity contribution in [2.75, 3.05) is 0 Å². The molecular formula is C11H18F4. The second kappa shape index (κ2) is 3.95. The molecule has 0 heterocycles. The first-order chi connectivity index (χ1) is 6.70. The molecule has 0 spiro atoms. The van der Waals surface area contributed by atoms with E-state index in [1.807, 2.05) is 6.92 Å². The number of halogens is 4. The third-order valence-corrected chi connectivity index (χ3v) is 3.61. The Balaban J connectivity index is 2.80. The van der Waals surface area contributed by atoms with E-state index in [2.05, 4.69) is 0 Å². The lowest BCUT2D eigenvalue weighted by Gasteiger charge is -2.31. The highest BCUT2D eigenvalue weighted by molar-refractivity contribution is 4.95. The van der Waals surface area contributed by atoms with Crippen LogP contribution in [0.25, 0.3) is 0 Å². The van der Waals surface area contributed by atoms with E-state index >= 15 is 0 Å². The molecule has 15 heavy (non-hydrogen) atoms. The van der Waals surface area contributed by atoms with Crippen molar-refractivity contribution in [1.82, 2.24) is 0 Å². The van der Waals surface area contributed by atoms with Gasteiger partial charge in [0.05, 0.1) is 0 Å². The van der Waals surface area contributed by atoms with Crippen LogP contribution in [0.15, 0.2) is 0 Å². The number of hydrogen-bond donors (Lipinski definition) is 0. The van der Waals surface area contributed by atoms with Crippen molar-refractivity contribution >= 4 is 0 Å². The van der Waals surface area contributed by atoms with Crippen molar-refractivity contribution in [2.45, 2.75) is 51.9 Å². The number of alkyl halides is 4. The van der Waals surface area contributed by atoms with Gasteiger partial charge < -0.3 is 0 Å². The van der Waals surface area contributed by atoms with E-state index in [9.17, 15) is 17.6 Å². The molecule has 0 radical (unpaired) electrons. The quantitative estimate of drug-likeness (QED) is 0.627. The lowest BCUT2D eigenvalue weighted by atomic mass is 9.88. The van der Waals surface area contributed by atoms with E-state index in [-0.39, 0.29) is 18.3 Å². The van der Waals surface area contributed by atoms with Crippen molar-refractivity contribution in [3.05, 3.63) is 0 Å². The maximum absolute atomic E-state index is 13.4. The SMILES string of the molecule is CCC1CC(C)C(C(F)(F)C(C)(F)F)C1. The summed E-state index contributed by atoms with van der Waals surface area (Å²) in [5, 5.41) is 0. The summed E-state index contributed by atoms with van der Waals surface area (Å²) in [7, 11) is 0. The van der Waals surface area contributed by atoms with Crippen LogP contribution in [0.2, 0.25) is 0 Å². The van der Waals surface area contributed by atoms with Gasteiger partial charge in [0.2, 0.25) is 0 Å². The Labute approximate surface area is 88.0 Å². The molecule has 1 rings (SSSR count). The molecule has 0 amide bonds. The normalized spacial score (nSPS) is 33.4. The Morgan fingerprint density at radius 1 is 1.13 bits per heavy atom. The average molecular weight is 226 g/mol. The van der Waals surface area contributed by atoms with Crippen LogP contribution in [0.5, 0.6) is 0 Å². The molecule has 0 N–H and O–H groups in total. The molecule has 1 fully saturated rings. The van der Waals surface area contributed by atoms with Gasteiger partial charge in [0.25, 0.3) is 0 Å². The van der Waals surface area contributed by atoms with Gasteiger partial charge in [-0.15, -0.1) is 0 Å². The van der Waals surface area contributed by atoms with Crippen LogP contribution in [0.3, 0.4) is 0 Å². The zero-order chi connectivity index (χ0) is 11.9. The van der Waals surface area contributed by atoms with Gasteiger partial charge in [-0.1, -0.05) is 20.3 Å². The largest absolute Gasteiger partial charge is 0.312 e. The van der Waals surface area contributed by atoms with Crippen LogP contribution in [0, 0.1) is 17.8 Å². The molecule has 90 valence electrons. The molecule has 1 saturated carbocycles. The van der Waals surface area contributed by atoms with Gasteiger partial charge in [-0.25, -0.2) is 8.78 Å². The summed E-state index contributed by atoms with van der Waals surface area (Å²) < 4.78 is 52.5. The highest BCUT2D eigenvalue weighted by atomic mass is 19.3. The van der Waals surface area contributed by atoms with E-state index in [1.165, 1.54) is 0 Å². The van der Waals surface area contributed by atoms with Crippen molar-refractivity contribution in [1.29, 1.82) is 0 Å². The zero-order valence-electron chi connectivity index (χ0n) is 9.37. The monoisotopic (exact) mass is 226 g/mol. The summed E-state index contributed by atoms with van der Waals surface area (Å²) in [5.41, 5.74) is 0. The third kappa shape index (κ3) is 2.28. The molecule has 1 aliphatic carbocycles. The summed E-state index contributed by atoms with van der Waals surface area (Å²) >= 11 is 0. The van der Waals surface area contributed by atoms with Crippen LogP contribution in [-0.4, -0.2) is 11.8 Å². The Kier molecular flexibility index (Phi) is 3.36. The molecule has 0 aliphatic heterocycles. The molecule has 0 saturated heterocycles. The zero-order valence-corrected chi connectivity index (χ0v) is 9.37. The van der Waals surface area contributed by atoms with Gasteiger partial charge in [-0.3, -0.25) is 0 Å². The standard InChI is InChI=1S/C11H18F4/c1-4-8-5-7(2)9(6-8)11(14,15)10(3,12)13/h7-9H,4-6H2,1-3H3. The second-order valence-corrected chi connectivity index (χ2v) is 4.84. The molecule has 0 aromatic carbocycles. The first kappa shape index (κ1) is 12.8. The van der Waals surface area contributed by atoms with E-state index in [0.29, 0.717) is 13.3 Å². The topological polar surface area (TPSA) is 0 Å². The van der Waals surface area contributed by atoms with Gasteiger partial charge in [0.15, 0.2) is 0 Å². The summed E-state index contributed by atoms with van der Waals surface area (Å²) in [5.74, 6) is -9.07. The molecule has 0 aromatic heterocycles. The lowest BCUT2D eigenvalue weighted by Crippen LogP contribution is -2.45. The van der Waals surface area contributed by atoms with E-state index in [1.54, 1.807) is 6.92 Å². The van der Waals surface area contributed by atoms with E-state index in [4.69, 9.17) is 0 Å². The Hall–Kier alpha value is -0.280. The molecule has 0 nitrogen and oxygen atoms in total. The third-order valence-electron chi connectivity index (χ3n) is 3.61. The minimum absolute atomic E-state index is 0.179. The average Bonchev–Trinajstić information content (AvgIpc) is 2.45. The summed E-state index contributed by atoms with van der Waals surface area (Å²) in [6.45, 7) is 3.89. The first-order valence-corrected chi connectivity index (χ1v) is 5.45. The van der Waals surface area contributed by atoms with Crippen molar-refractivity contribution < 1.29 is 17.6 Å². The van der Waals surface area contributed by atoms with Crippen LogP contribution < -0.4 is 0 Å². The highest BCUT2D eigenvalue weighted by Gasteiger charge is 2.60. The summed E-state index contributed by atoms with van der Waals surface area (Å²) in [6, 6.07) is 0. The number of rotatable bonds is 3. The smallest absolute Gasteiger partial charge is 0.200 e. The molecule has 0 bridgehead atoms. The summed E-state index contributed by atoms with van der Waals surface area (Å²) in [6.07, 6.45) is 1.67. The molecular weight excluding hydrogens is 208 g/mol. The second-order valence-electron chi connectivity index (χ2n) is 4.84.